The lowest BCUT2D eigenvalue weighted by Crippen LogP contribution is -2.37. The summed E-state index contributed by atoms with van der Waals surface area (Å²) in [4.78, 5) is 20.0. The molecule has 0 N–H and O–H groups in total. The van der Waals surface area contributed by atoms with Crippen LogP contribution in [0.15, 0.2) is 29.2 Å². The number of nitrogens with zero attached hydrogens (tertiary/aromatic N) is 3. The predicted molar refractivity (Wildman–Crippen MR) is 96.1 cm³/mol. The number of benzene rings is 1. The highest BCUT2D eigenvalue weighted by atomic mass is 35.5. The van der Waals surface area contributed by atoms with Crippen LogP contribution in [0.3, 0.4) is 0 Å². The highest BCUT2D eigenvalue weighted by Gasteiger charge is 2.30. The zero-order valence-electron chi connectivity index (χ0n) is 14.7. The average molecular weight is 400 g/mol. The van der Waals surface area contributed by atoms with E-state index in [1.165, 1.54) is 38.5 Å². The Kier molecular flexibility index (Phi) is 6.04. The third-order valence-corrected chi connectivity index (χ3v) is 5.83. The number of sulfonamides is 1. The van der Waals surface area contributed by atoms with Crippen LogP contribution in [-0.4, -0.2) is 45.1 Å². The molecule has 0 radical (unpaired) electrons. The van der Waals surface area contributed by atoms with Gasteiger partial charge < -0.3 is 9.47 Å². The third-order valence-electron chi connectivity index (χ3n) is 3.54. The van der Waals surface area contributed by atoms with Crippen LogP contribution in [0, 0.1) is 13.8 Å². The summed E-state index contributed by atoms with van der Waals surface area (Å²) in [5.41, 5.74) is 0.794. The molecule has 0 aliphatic rings. The van der Waals surface area contributed by atoms with Gasteiger partial charge in [0.2, 0.25) is 5.95 Å². The molecule has 140 valence electrons. The van der Waals surface area contributed by atoms with Gasteiger partial charge in [0.25, 0.3) is 10.0 Å². The van der Waals surface area contributed by atoms with E-state index < -0.39 is 22.5 Å². The molecule has 0 amide bonds. The number of anilines is 1. The summed E-state index contributed by atoms with van der Waals surface area (Å²) >= 11 is 6.05. The van der Waals surface area contributed by atoms with Crippen molar-refractivity contribution in [1.29, 1.82) is 0 Å². The van der Waals surface area contributed by atoms with Gasteiger partial charge in [-0.05, 0) is 38.1 Å². The summed E-state index contributed by atoms with van der Waals surface area (Å²) in [5.74, 6) is -0.417. The molecule has 0 spiro atoms. The van der Waals surface area contributed by atoms with Crippen LogP contribution >= 0.6 is 11.6 Å². The van der Waals surface area contributed by atoms with Crippen LogP contribution in [-0.2, 0) is 19.6 Å². The fraction of sp³-hybridized carbons (Fsp3) is 0.312. The number of ether oxygens (including phenoxy) is 2. The highest BCUT2D eigenvalue weighted by Crippen LogP contribution is 2.25. The minimum atomic E-state index is -4.12. The lowest BCUT2D eigenvalue weighted by atomic mass is 10.3. The van der Waals surface area contributed by atoms with E-state index in [-0.39, 0.29) is 10.8 Å². The Morgan fingerprint density at radius 2 is 1.65 bits per heavy atom. The van der Waals surface area contributed by atoms with Gasteiger partial charge in [-0.15, -0.1) is 0 Å². The molecule has 10 heteroatoms. The number of halogens is 1. The van der Waals surface area contributed by atoms with E-state index in [1.807, 2.05) is 0 Å². The second kappa shape index (κ2) is 7.88. The fourth-order valence-corrected chi connectivity index (χ4v) is 3.51. The number of aromatic nitrogens is 2. The number of carbonyl (C=O) groups is 1. The first-order valence-electron chi connectivity index (χ1n) is 7.45. The molecule has 2 aromatic rings. The second-order valence-electron chi connectivity index (χ2n) is 5.27. The summed E-state index contributed by atoms with van der Waals surface area (Å²) in [6.07, 6.45) is 0. The topological polar surface area (TPSA) is 98.7 Å². The van der Waals surface area contributed by atoms with Gasteiger partial charge in [0, 0.05) is 0 Å². The lowest BCUT2D eigenvalue weighted by Gasteiger charge is -2.22. The second-order valence-corrected chi connectivity index (χ2v) is 7.51. The van der Waals surface area contributed by atoms with Crippen LogP contribution in [0.25, 0.3) is 0 Å². The quantitative estimate of drug-likeness (QED) is 0.686. The molecular formula is C16H18ClN3O5S. The van der Waals surface area contributed by atoms with Crippen molar-refractivity contribution >= 4 is 33.5 Å². The van der Waals surface area contributed by atoms with Crippen LogP contribution in [0.5, 0.6) is 5.75 Å². The van der Waals surface area contributed by atoms with Gasteiger partial charge in [-0.25, -0.2) is 22.7 Å². The summed E-state index contributed by atoms with van der Waals surface area (Å²) in [6.45, 7) is 2.67. The van der Waals surface area contributed by atoms with Crippen molar-refractivity contribution in [2.24, 2.45) is 0 Å². The van der Waals surface area contributed by atoms with E-state index in [1.54, 1.807) is 13.8 Å². The van der Waals surface area contributed by atoms with E-state index in [2.05, 4.69) is 14.7 Å². The molecule has 0 aliphatic carbocycles. The van der Waals surface area contributed by atoms with Crippen LogP contribution in [0.2, 0.25) is 5.02 Å². The van der Waals surface area contributed by atoms with E-state index in [0.717, 1.165) is 4.31 Å². The molecule has 2 rings (SSSR count). The predicted octanol–water partition coefficient (Wildman–Crippen LogP) is 2.12. The average Bonchev–Trinajstić information content (AvgIpc) is 2.63. The standard InChI is InChI=1S/C16H18ClN3O5S/c1-10-15(17)11(2)19-16(18-10)20(9-14(21)25-4)26(22,23)13-7-5-12(24-3)6-8-13/h5-8H,9H2,1-4H3. The molecule has 0 unspecified atom stereocenters. The van der Waals surface area contributed by atoms with E-state index in [0.29, 0.717) is 22.2 Å². The third kappa shape index (κ3) is 4.05. The molecule has 0 bridgehead atoms. The Morgan fingerprint density at radius 1 is 1.12 bits per heavy atom. The molecule has 26 heavy (non-hydrogen) atoms. The maximum Gasteiger partial charge on any atom is 0.326 e. The molecule has 1 heterocycles. The number of hydrogen-bond acceptors (Lipinski definition) is 7. The maximum absolute atomic E-state index is 13.1. The number of esters is 1. The summed E-state index contributed by atoms with van der Waals surface area (Å²) in [5, 5.41) is 0.327. The van der Waals surface area contributed by atoms with Crippen molar-refractivity contribution < 1.29 is 22.7 Å². The van der Waals surface area contributed by atoms with E-state index in [9.17, 15) is 13.2 Å². The van der Waals surface area contributed by atoms with E-state index >= 15 is 0 Å². The van der Waals surface area contributed by atoms with Gasteiger partial charge in [0.05, 0.1) is 35.5 Å². The van der Waals surface area contributed by atoms with E-state index in [4.69, 9.17) is 16.3 Å². The van der Waals surface area contributed by atoms with Crippen LogP contribution in [0.1, 0.15) is 11.4 Å². The Bertz CT molecular complexity index is 893. The molecule has 0 saturated carbocycles. The summed E-state index contributed by atoms with van der Waals surface area (Å²) < 4.78 is 36.5. The molecule has 0 fully saturated rings. The number of hydrogen-bond donors (Lipinski definition) is 0. The lowest BCUT2D eigenvalue weighted by molar-refractivity contribution is -0.138. The van der Waals surface area contributed by atoms with Crippen molar-refractivity contribution in [3.8, 4) is 5.75 Å². The summed E-state index contributed by atoms with van der Waals surface area (Å²) in [6, 6.07) is 5.74. The van der Waals surface area contributed by atoms with Crippen molar-refractivity contribution in [1.82, 2.24) is 9.97 Å². The first kappa shape index (κ1) is 19.9. The van der Waals surface area contributed by atoms with Gasteiger partial charge in [0.1, 0.15) is 12.3 Å². The fourth-order valence-electron chi connectivity index (χ4n) is 2.12. The number of aryl methyl sites for hydroxylation is 2. The Hall–Kier alpha value is -2.39. The molecule has 8 nitrogen and oxygen atoms in total. The molecule has 0 aliphatic heterocycles. The van der Waals surface area contributed by atoms with Crippen molar-refractivity contribution in [2.75, 3.05) is 25.1 Å². The van der Waals surface area contributed by atoms with Crippen LogP contribution < -0.4 is 9.04 Å². The smallest absolute Gasteiger partial charge is 0.326 e. The molecule has 1 aromatic carbocycles. The van der Waals surface area contributed by atoms with Crippen molar-refractivity contribution in [3.05, 3.63) is 40.7 Å². The number of methoxy groups -OCH3 is 2. The van der Waals surface area contributed by atoms with Crippen LogP contribution in [0.4, 0.5) is 5.95 Å². The largest absolute Gasteiger partial charge is 0.497 e. The first-order valence-corrected chi connectivity index (χ1v) is 9.27. The Balaban J connectivity index is 2.57. The highest BCUT2D eigenvalue weighted by molar-refractivity contribution is 7.92. The van der Waals surface area contributed by atoms with Crippen molar-refractivity contribution in [3.63, 3.8) is 0 Å². The monoisotopic (exact) mass is 399 g/mol. The zero-order valence-corrected chi connectivity index (χ0v) is 16.3. The molecular weight excluding hydrogens is 382 g/mol. The minimum Gasteiger partial charge on any atom is -0.497 e. The molecule has 0 atom stereocenters. The Morgan fingerprint density at radius 3 is 2.12 bits per heavy atom. The van der Waals surface area contributed by atoms with Gasteiger partial charge >= 0.3 is 5.97 Å². The molecule has 1 aromatic heterocycles. The normalized spacial score (nSPS) is 11.1. The first-order chi connectivity index (χ1) is 12.2. The SMILES string of the molecule is COC(=O)CN(c1nc(C)c(Cl)c(C)n1)S(=O)(=O)c1ccc(OC)cc1. The minimum absolute atomic E-state index is 0.0453. The Labute approximate surface area is 156 Å². The maximum atomic E-state index is 13.1. The van der Waals surface area contributed by atoms with Crippen molar-refractivity contribution in [2.45, 2.75) is 18.7 Å². The molecule has 0 saturated heterocycles. The zero-order chi connectivity index (χ0) is 19.5. The van der Waals surface area contributed by atoms with Gasteiger partial charge in [-0.2, -0.15) is 0 Å². The number of rotatable bonds is 6. The summed E-state index contributed by atoms with van der Waals surface area (Å²) in [7, 11) is -1.48. The van der Waals surface area contributed by atoms with Gasteiger partial charge in [0.15, 0.2) is 0 Å². The van der Waals surface area contributed by atoms with Gasteiger partial charge in [-0.1, -0.05) is 11.6 Å². The number of carbonyl (C=O) groups excluding carboxylic acids is 1. The van der Waals surface area contributed by atoms with Gasteiger partial charge in [-0.3, -0.25) is 4.79 Å².